The smallest absolute Gasteiger partial charge is 0.256 e. The lowest BCUT2D eigenvalue weighted by molar-refractivity contribution is 0.102. The van der Waals surface area contributed by atoms with Crippen LogP contribution < -0.4 is 10.5 Å². The van der Waals surface area contributed by atoms with Gasteiger partial charge in [-0.2, -0.15) is 0 Å². The van der Waals surface area contributed by atoms with Crippen molar-refractivity contribution in [2.45, 2.75) is 14.4 Å². The van der Waals surface area contributed by atoms with Crippen LogP contribution in [0.4, 0.5) is 5.00 Å². The van der Waals surface area contributed by atoms with E-state index in [1.165, 1.54) is 46.6 Å². The van der Waals surface area contributed by atoms with Gasteiger partial charge in [0.05, 0.1) is 16.0 Å². The largest absolute Gasteiger partial charge is 0.312 e. The molecule has 13 heteroatoms. The number of thiophene rings is 1. The maximum Gasteiger partial charge on any atom is 0.256 e. The van der Waals surface area contributed by atoms with Crippen molar-refractivity contribution >= 4 is 55.4 Å². The summed E-state index contributed by atoms with van der Waals surface area (Å²) in [5.41, 5.74) is 1.22. The molecule has 0 radical (unpaired) electrons. The Morgan fingerprint density at radius 1 is 1.00 bits per heavy atom. The van der Waals surface area contributed by atoms with Crippen molar-refractivity contribution in [3.63, 3.8) is 0 Å². The number of hydrogen-bond acceptors (Lipinski definition) is 9. The van der Waals surface area contributed by atoms with Crippen molar-refractivity contribution in [1.29, 1.82) is 0 Å². The third-order valence-corrected chi connectivity index (χ3v) is 8.46. The van der Waals surface area contributed by atoms with Gasteiger partial charge in [-0.25, -0.2) is 18.5 Å². The van der Waals surface area contributed by atoms with Crippen molar-refractivity contribution in [2.24, 2.45) is 5.14 Å². The van der Waals surface area contributed by atoms with Crippen LogP contribution in [0.25, 0.3) is 16.4 Å². The Morgan fingerprint density at radius 3 is 2.46 bits per heavy atom. The summed E-state index contributed by atoms with van der Waals surface area (Å²) >= 11 is 4.11. The van der Waals surface area contributed by atoms with Gasteiger partial charge in [0.15, 0.2) is 10.2 Å². The Morgan fingerprint density at radius 2 is 1.77 bits per heavy atom. The van der Waals surface area contributed by atoms with E-state index in [-0.39, 0.29) is 10.8 Å². The Bertz CT molecular complexity index is 1580. The molecule has 3 N–H and O–H groups in total. The van der Waals surface area contributed by atoms with Crippen LogP contribution in [0.5, 0.6) is 0 Å². The molecule has 176 valence electrons. The summed E-state index contributed by atoms with van der Waals surface area (Å²) in [4.78, 5) is 17.8. The standard InChI is InChI=1S/C22H16N6O3S4/c23-35(30,31)16-10-8-15(9-11-16)28-19(17-7-4-12-32-17)26-27-21(28)34-22-24-13-18(33-22)25-20(29)14-5-2-1-3-6-14/h1-13H,(H,25,29)(H2,23,30,31). The number of anilines is 1. The lowest BCUT2D eigenvalue weighted by Gasteiger charge is -2.09. The number of carbonyl (C=O) groups excluding carboxylic acids is 1. The highest BCUT2D eigenvalue weighted by atomic mass is 32.2. The monoisotopic (exact) mass is 540 g/mol. The second-order valence-corrected chi connectivity index (χ2v) is 11.8. The molecular weight excluding hydrogens is 525 g/mol. The number of hydrogen-bond donors (Lipinski definition) is 2. The number of aromatic nitrogens is 4. The number of sulfonamides is 1. The first kappa shape index (κ1) is 23.4. The molecule has 0 atom stereocenters. The lowest BCUT2D eigenvalue weighted by atomic mass is 10.2. The van der Waals surface area contributed by atoms with Gasteiger partial charge in [-0.05, 0) is 59.6 Å². The van der Waals surface area contributed by atoms with E-state index in [0.717, 1.165) is 4.88 Å². The van der Waals surface area contributed by atoms with Crippen molar-refractivity contribution in [3.05, 3.63) is 83.9 Å². The van der Waals surface area contributed by atoms with E-state index in [4.69, 9.17) is 5.14 Å². The van der Waals surface area contributed by atoms with E-state index < -0.39 is 10.0 Å². The quantitative estimate of drug-likeness (QED) is 0.310. The molecule has 0 unspecified atom stereocenters. The molecule has 0 fully saturated rings. The molecule has 0 saturated carbocycles. The van der Waals surface area contributed by atoms with Crippen LogP contribution in [-0.2, 0) is 10.0 Å². The molecule has 0 aliphatic heterocycles. The van der Waals surface area contributed by atoms with Gasteiger partial charge in [0.2, 0.25) is 15.2 Å². The Balaban J connectivity index is 1.44. The maximum absolute atomic E-state index is 12.4. The molecule has 0 aliphatic rings. The van der Waals surface area contributed by atoms with Gasteiger partial charge >= 0.3 is 0 Å². The van der Waals surface area contributed by atoms with Crippen LogP contribution in [0.2, 0.25) is 0 Å². The minimum Gasteiger partial charge on any atom is -0.312 e. The Labute approximate surface area is 212 Å². The predicted molar refractivity (Wildman–Crippen MR) is 137 cm³/mol. The SMILES string of the molecule is NS(=O)(=O)c1ccc(-n2c(Sc3ncc(NC(=O)c4ccccc4)s3)nnc2-c2cccs2)cc1. The molecule has 9 nitrogen and oxygen atoms in total. The van der Waals surface area contributed by atoms with Crippen LogP contribution >= 0.6 is 34.4 Å². The van der Waals surface area contributed by atoms with Crippen LogP contribution in [0.3, 0.4) is 0 Å². The molecule has 3 aromatic heterocycles. The predicted octanol–water partition coefficient (Wildman–Crippen LogP) is 4.50. The highest BCUT2D eigenvalue weighted by molar-refractivity contribution is 8.01. The van der Waals surface area contributed by atoms with E-state index >= 15 is 0 Å². The Hall–Kier alpha value is -3.36. The summed E-state index contributed by atoms with van der Waals surface area (Å²) in [6, 6.07) is 19.0. The highest BCUT2D eigenvalue weighted by Gasteiger charge is 2.20. The number of amides is 1. The molecule has 2 aromatic carbocycles. The molecule has 1 amide bonds. The summed E-state index contributed by atoms with van der Waals surface area (Å²) in [6.45, 7) is 0. The minimum absolute atomic E-state index is 0.0138. The van der Waals surface area contributed by atoms with Crippen LogP contribution in [0.1, 0.15) is 10.4 Å². The first-order chi connectivity index (χ1) is 16.9. The fourth-order valence-electron chi connectivity index (χ4n) is 3.13. The van der Waals surface area contributed by atoms with E-state index in [1.807, 2.05) is 28.1 Å². The zero-order valence-corrected chi connectivity index (χ0v) is 21.0. The van der Waals surface area contributed by atoms with Crippen LogP contribution in [0, 0.1) is 0 Å². The maximum atomic E-state index is 12.4. The zero-order valence-electron chi connectivity index (χ0n) is 17.7. The Kier molecular flexibility index (Phi) is 6.49. The van der Waals surface area contributed by atoms with Crippen LogP contribution in [-0.4, -0.2) is 34.1 Å². The number of rotatable bonds is 7. The fourth-order valence-corrected chi connectivity index (χ4v) is 6.18. The summed E-state index contributed by atoms with van der Waals surface area (Å²) in [5.74, 6) is 0.393. The van der Waals surface area contributed by atoms with E-state index in [2.05, 4.69) is 20.5 Å². The molecule has 0 spiro atoms. The molecular formula is C22H16N6O3S4. The van der Waals surface area contributed by atoms with Gasteiger partial charge in [-0.15, -0.1) is 21.5 Å². The number of nitrogens with two attached hydrogens (primary N) is 1. The van der Waals surface area contributed by atoms with Gasteiger partial charge < -0.3 is 5.32 Å². The normalized spacial score (nSPS) is 11.5. The third kappa shape index (κ3) is 5.18. The third-order valence-electron chi connectivity index (χ3n) is 4.73. The number of nitrogens with zero attached hydrogens (tertiary/aromatic N) is 4. The lowest BCUT2D eigenvalue weighted by Crippen LogP contribution is -2.12. The molecule has 0 saturated heterocycles. The molecule has 5 aromatic rings. The molecule has 35 heavy (non-hydrogen) atoms. The second kappa shape index (κ2) is 9.71. The molecule has 5 rings (SSSR count). The number of carbonyl (C=O) groups is 1. The second-order valence-electron chi connectivity index (χ2n) is 7.07. The van der Waals surface area contributed by atoms with E-state index in [9.17, 15) is 13.2 Å². The molecule has 0 bridgehead atoms. The van der Waals surface area contributed by atoms with Crippen molar-refractivity contribution < 1.29 is 13.2 Å². The van der Waals surface area contributed by atoms with Crippen LogP contribution in [0.15, 0.2) is 92.7 Å². The zero-order chi connectivity index (χ0) is 24.4. The van der Waals surface area contributed by atoms with Gasteiger partial charge in [0.1, 0.15) is 5.00 Å². The first-order valence-electron chi connectivity index (χ1n) is 10.0. The summed E-state index contributed by atoms with van der Waals surface area (Å²) in [7, 11) is -3.81. The minimum atomic E-state index is -3.81. The summed E-state index contributed by atoms with van der Waals surface area (Å²) in [5, 5.41) is 19.9. The first-order valence-corrected chi connectivity index (χ1v) is 14.1. The molecule has 0 aliphatic carbocycles. The summed E-state index contributed by atoms with van der Waals surface area (Å²) in [6.07, 6.45) is 1.59. The highest BCUT2D eigenvalue weighted by Crippen LogP contribution is 2.36. The number of thiazole rings is 1. The van der Waals surface area contributed by atoms with Crippen molar-refractivity contribution in [3.8, 4) is 16.4 Å². The number of primary sulfonamides is 1. The topological polar surface area (TPSA) is 133 Å². The van der Waals surface area contributed by atoms with Gasteiger partial charge in [-0.1, -0.05) is 35.6 Å². The van der Waals surface area contributed by atoms with Gasteiger partial charge in [0.25, 0.3) is 5.91 Å². The number of benzene rings is 2. The van der Waals surface area contributed by atoms with Gasteiger partial charge in [-0.3, -0.25) is 9.36 Å². The van der Waals surface area contributed by atoms with Crippen molar-refractivity contribution in [2.75, 3.05) is 5.32 Å². The summed E-state index contributed by atoms with van der Waals surface area (Å²) < 4.78 is 25.8. The molecule has 3 heterocycles. The average Bonchev–Trinajstić information content (AvgIpc) is 3.61. The average molecular weight is 541 g/mol. The van der Waals surface area contributed by atoms with Gasteiger partial charge in [0, 0.05) is 11.3 Å². The van der Waals surface area contributed by atoms with E-state index in [0.29, 0.717) is 31.6 Å². The number of nitrogens with one attached hydrogen (secondary N) is 1. The van der Waals surface area contributed by atoms with Crippen molar-refractivity contribution in [1.82, 2.24) is 19.7 Å². The van der Waals surface area contributed by atoms with E-state index in [1.54, 1.807) is 42.6 Å². The fraction of sp³-hybridized carbons (Fsp3) is 0.